The fourth-order valence-corrected chi connectivity index (χ4v) is 2.40. The molecule has 0 radical (unpaired) electrons. The van der Waals surface area contributed by atoms with Gasteiger partial charge in [-0.2, -0.15) is 0 Å². The fourth-order valence-electron chi connectivity index (χ4n) is 2.40. The van der Waals surface area contributed by atoms with Crippen molar-refractivity contribution in [1.29, 1.82) is 0 Å². The number of hydrogen-bond acceptors (Lipinski definition) is 3. The first-order chi connectivity index (χ1) is 12.6. The molecule has 5 nitrogen and oxygen atoms in total. The van der Waals surface area contributed by atoms with Crippen LogP contribution >= 0.6 is 0 Å². The Labute approximate surface area is 149 Å². The third-order valence-electron chi connectivity index (χ3n) is 3.72. The minimum Gasteiger partial charge on any atom is -0.348 e. The average molecular weight is 349 g/mol. The third kappa shape index (κ3) is 4.30. The number of pyridine rings is 1. The molecule has 2 aromatic carbocycles. The Hall–Kier alpha value is -3.54. The molecule has 0 saturated heterocycles. The Balaban J connectivity index is 1.70. The van der Waals surface area contributed by atoms with Crippen LogP contribution in [0.15, 0.2) is 73.1 Å². The zero-order chi connectivity index (χ0) is 18.4. The summed E-state index contributed by atoms with van der Waals surface area (Å²) in [6.07, 6.45) is 3.07. The molecular weight excluding hydrogens is 333 g/mol. The van der Waals surface area contributed by atoms with Gasteiger partial charge in [0, 0.05) is 30.2 Å². The van der Waals surface area contributed by atoms with Crippen LogP contribution in [-0.4, -0.2) is 16.8 Å². The molecule has 0 saturated carbocycles. The summed E-state index contributed by atoms with van der Waals surface area (Å²) in [6.45, 7) is 0.229. The van der Waals surface area contributed by atoms with Crippen LogP contribution in [0.5, 0.6) is 0 Å². The van der Waals surface area contributed by atoms with Crippen molar-refractivity contribution < 1.29 is 14.0 Å². The van der Waals surface area contributed by atoms with Crippen LogP contribution in [0.1, 0.15) is 26.3 Å². The van der Waals surface area contributed by atoms with Crippen LogP contribution < -0.4 is 10.6 Å². The van der Waals surface area contributed by atoms with E-state index in [4.69, 9.17) is 0 Å². The smallest absolute Gasteiger partial charge is 0.255 e. The van der Waals surface area contributed by atoms with Gasteiger partial charge in [0.1, 0.15) is 5.82 Å². The van der Waals surface area contributed by atoms with Crippen molar-refractivity contribution in [3.05, 3.63) is 95.6 Å². The largest absolute Gasteiger partial charge is 0.348 e. The predicted molar refractivity (Wildman–Crippen MR) is 96.2 cm³/mol. The van der Waals surface area contributed by atoms with E-state index in [0.717, 1.165) is 5.56 Å². The fraction of sp³-hybridized carbons (Fsp3) is 0.0500. The first kappa shape index (κ1) is 17.3. The van der Waals surface area contributed by atoms with Gasteiger partial charge in [0.2, 0.25) is 0 Å². The molecule has 6 heteroatoms. The number of nitrogens with zero attached hydrogens (tertiary/aromatic N) is 1. The van der Waals surface area contributed by atoms with E-state index >= 15 is 0 Å². The number of anilines is 1. The number of nitrogens with one attached hydrogen (secondary N) is 2. The number of carbonyl (C=O) groups is 2. The monoisotopic (exact) mass is 349 g/mol. The lowest BCUT2D eigenvalue weighted by molar-refractivity contribution is 0.0950. The molecule has 0 aliphatic heterocycles. The van der Waals surface area contributed by atoms with Crippen molar-refractivity contribution in [2.24, 2.45) is 0 Å². The van der Waals surface area contributed by atoms with E-state index in [1.807, 2.05) is 6.07 Å². The Kier molecular flexibility index (Phi) is 5.34. The Bertz CT molecular complexity index is 929. The molecule has 0 aliphatic rings. The van der Waals surface area contributed by atoms with Gasteiger partial charge in [0.05, 0.1) is 5.56 Å². The van der Waals surface area contributed by atoms with E-state index in [1.165, 1.54) is 30.5 Å². The van der Waals surface area contributed by atoms with Crippen molar-refractivity contribution >= 4 is 17.5 Å². The zero-order valence-electron chi connectivity index (χ0n) is 13.8. The normalized spacial score (nSPS) is 10.2. The highest BCUT2D eigenvalue weighted by Crippen LogP contribution is 2.16. The van der Waals surface area contributed by atoms with Crippen LogP contribution in [0, 0.1) is 5.82 Å². The van der Waals surface area contributed by atoms with Crippen molar-refractivity contribution in [3.8, 4) is 0 Å². The number of amides is 2. The second kappa shape index (κ2) is 8.02. The molecule has 0 spiro atoms. The summed E-state index contributed by atoms with van der Waals surface area (Å²) < 4.78 is 13.3. The molecule has 0 unspecified atom stereocenters. The van der Waals surface area contributed by atoms with Crippen molar-refractivity contribution in [2.75, 3.05) is 5.32 Å². The van der Waals surface area contributed by atoms with Crippen LogP contribution in [0.4, 0.5) is 10.1 Å². The first-order valence-electron chi connectivity index (χ1n) is 7.96. The summed E-state index contributed by atoms with van der Waals surface area (Å²) in [4.78, 5) is 28.3. The topological polar surface area (TPSA) is 71.1 Å². The molecule has 0 atom stereocenters. The highest BCUT2D eigenvalue weighted by atomic mass is 19.1. The van der Waals surface area contributed by atoms with E-state index in [1.54, 1.807) is 36.5 Å². The summed E-state index contributed by atoms with van der Waals surface area (Å²) >= 11 is 0. The van der Waals surface area contributed by atoms with E-state index in [0.29, 0.717) is 11.3 Å². The lowest BCUT2D eigenvalue weighted by Crippen LogP contribution is -2.24. The van der Waals surface area contributed by atoms with Gasteiger partial charge in [-0.1, -0.05) is 24.3 Å². The molecule has 0 fully saturated rings. The number of aromatic nitrogens is 1. The molecule has 130 valence electrons. The number of carbonyl (C=O) groups excluding carboxylic acids is 2. The molecule has 26 heavy (non-hydrogen) atoms. The van der Waals surface area contributed by atoms with E-state index in [2.05, 4.69) is 15.6 Å². The number of para-hydroxylation sites is 1. The maximum absolute atomic E-state index is 13.3. The van der Waals surface area contributed by atoms with Gasteiger partial charge < -0.3 is 10.6 Å². The van der Waals surface area contributed by atoms with Crippen LogP contribution in [-0.2, 0) is 6.54 Å². The van der Waals surface area contributed by atoms with Crippen molar-refractivity contribution in [1.82, 2.24) is 10.3 Å². The van der Waals surface area contributed by atoms with Gasteiger partial charge in [-0.3, -0.25) is 14.6 Å². The summed E-state index contributed by atoms with van der Waals surface area (Å²) in [7, 11) is 0. The highest BCUT2D eigenvalue weighted by molar-refractivity contribution is 6.04. The van der Waals surface area contributed by atoms with Crippen LogP contribution in [0.3, 0.4) is 0 Å². The number of rotatable bonds is 5. The molecule has 0 aliphatic carbocycles. The second-order valence-electron chi connectivity index (χ2n) is 5.55. The Morgan fingerprint density at radius 1 is 0.923 bits per heavy atom. The Morgan fingerprint density at radius 2 is 1.73 bits per heavy atom. The lowest BCUT2D eigenvalue weighted by Gasteiger charge is -2.12. The summed E-state index contributed by atoms with van der Waals surface area (Å²) in [6, 6.07) is 15.9. The average Bonchev–Trinajstić information content (AvgIpc) is 2.67. The standard InChI is InChI=1S/C20H16FN3O2/c21-17-8-3-6-14(11-17)20(26)24-18-9-2-1-5-15(18)13-23-19(25)16-7-4-10-22-12-16/h1-12H,13H2,(H,23,25)(H,24,26). The molecule has 3 rings (SSSR count). The van der Waals surface area contributed by atoms with Gasteiger partial charge in [0.15, 0.2) is 0 Å². The Morgan fingerprint density at radius 3 is 2.50 bits per heavy atom. The lowest BCUT2D eigenvalue weighted by atomic mass is 10.1. The molecule has 0 bridgehead atoms. The van der Waals surface area contributed by atoms with E-state index < -0.39 is 11.7 Å². The zero-order valence-corrected chi connectivity index (χ0v) is 13.8. The van der Waals surface area contributed by atoms with Crippen LogP contribution in [0.2, 0.25) is 0 Å². The number of halogens is 1. The molecule has 2 N–H and O–H groups in total. The SMILES string of the molecule is O=C(NCc1ccccc1NC(=O)c1cccc(F)c1)c1cccnc1. The van der Waals surface area contributed by atoms with Gasteiger partial charge in [-0.05, 0) is 42.0 Å². The second-order valence-corrected chi connectivity index (χ2v) is 5.55. The van der Waals surface area contributed by atoms with Gasteiger partial charge in [-0.25, -0.2) is 4.39 Å². The summed E-state index contributed by atoms with van der Waals surface area (Å²) in [5, 5.41) is 5.54. The first-order valence-corrected chi connectivity index (χ1v) is 7.96. The number of benzene rings is 2. The van der Waals surface area contributed by atoms with Crippen molar-refractivity contribution in [3.63, 3.8) is 0 Å². The molecule has 1 aromatic heterocycles. The van der Waals surface area contributed by atoms with Crippen molar-refractivity contribution in [2.45, 2.75) is 6.54 Å². The summed E-state index contributed by atoms with van der Waals surface area (Å²) in [5.74, 6) is -1.16. The van der Waals surface area contributed by atoms with Gasteiger partial charge in [0.25, 0.3) is 11.8 Å². The third-order valence-corrected chi connectivity index (χ3v) is 3.72. The molecular formula is C20H16FN3O2. The van der Waals surface area contributed by atoms with Crippen LogP contribution in [0.25, 0.3) is 0 Å². The van der Waals surface area contributed by atoms with E-state index in [-0.39, 0.29) is 18.0 Å². The number of hydrogen-bond donors (Lipinski definition) is 2. The molecule has 3 aromatic rings. The molecule has 1 heterocycles. The minimum atomic E-state index is -0.477. The highest BCUT2D eigenvalue weighted by Gasteiger charge is 2.11. The van der Waals surface area contributed by atoms with Gasteiger partial charge in [-0.15, -0.1) is 0 Å². The summed E-state index contributed by atoms with van der Waals surface area (Å²) in [5.41, 5.74) is 1.95. The van der Waals surface area contributed by atoms with E-state index in [9.17, 15) is 14.0 Å². The van der Waals surface area contributed by atoms with Gasteiger partial charge >= 0.3 is 0 Å². The molecule has 2 amide bonds. The maximum atomic E-state index is 13.3. The maximum Gasteiger partial charge on any atom is 0.255 e. The quantitative estimate of drug-likeness (QED) is 0.742. The minimum absolute atomic E-state index is 0.221. The predicted octanol–water partition coefficient (Wildman–Crippen LogP) is 3.40.